The summed E-state index contributed by atoms with van der Waals surface area (Å²) in [5, 5.41) is 3.58. The molecule has 2 heterocycles. The molecule has 14 heavy (non-hydrogen) atoms. The van der Waals surface area contributed by atoms with Crippen LogP contribution in [0.2, 0.25) is 0 Å². The Bertz CT molecular complexity index is 294. The number of rotatable bonds is 2. The lowest BCUT2D eigenvalue weighted by atomic mass is 10.1. The molecule has 1 saturated carbocycles. The summed E-state index contributed by atoms with van der Waals surface area (Å²) in [6, 6.07) is 5.02. The molecule has 2 aliphatic rings. The fourth-order valence-electron chi connectivity index (χ4n) is 2.20. The van der Waals surface area contributed by atoms with E-state index >= 15 is 0 Å². The number of thiophene rings is 1. The van der Waals surface area contributed by atoms with E-state index in [0.717, 1.165) is 25.7 Å². The van der Waals surface area contributed by atoms with Gasteiger partial charge < -0.3 is 9.64 Å². The second-order valence-electron chi connectivity index (χ2n) is 4.12. The molecule has 3 rings (SSSR count). The van der Waals surface area contributed by atoms with Gasteiger partial charge in [-0.1, -0.05) is 0 Å². The topological polar surface area (TPSA) is 12.5 Å². The zero-order chi connectivity index (χ0) is 9.38. The van der Waals surface area contributed by atoms with Crippen molar-refractivity contribution >= 4 is 16.3 Å². The van der Waals surface area contributed by atoms with Crippen molar-refractivity contribution in [3.8, 4) is 0 Å². The molecule has 0 amide bonds. The van der Waals surface area contributed by atoms with Gasteiger partial charge in [-0.25, -0.2) is 0 Å². The lowest BCUT2D eigenvalue weighted by molar-refractivity contribution is 0.0882. The van der Waals surface area contributed by atoms with E-state index in [2.05, 4.69) is 22.4 Å². The van der Waals surface area contributed by atoms with Crippen LogP contribution in [0.25, 0.3) is 0 Å². The standard InChI is InChI=1S/C11H15NOS/c1-2-11(14-7-1)12-5-6-13-8-10(12)9-3-4-9/h1-2,7,9-10H,3-6,8H2. The van der Waals surface area contributed by atoms with E-state index in [0.29, 0.717) is 6.04 Å². The SMILES string of the molecule is c1csc(N2CCOCC2C2CC2)c1. The Kier molecular flexibility index (Phi) is 2.22. The number of morpholine rings is 1. The second-order valence-corrected chi connectivity index (χ2v) is 5.05. The third-order valence-corrected chi connectivity index (χ3v) is 4.03. The van der Waals surface area contributed by atoms with Gasteiger partial charge in [0.15, 0.2) is 0 Å². The van der Waals surface area contributed by atoms with Crippen molar-refractivity contribution in [3.63, 3.8) is 0 Å². The molecule has 0 N–H and O–H groups in total. The average Bonchev–Trinajstić information content (AvgIpc) is 2.94. The highest BCUT2D eigenvalue weighted by Gasteiger charge is 2.37. The molecule has 0 aromatic carbocycles. The molecule has 3 heteroatoms. The van der Waals surface area contributed by atoms with Crippen LogP contribution in [0, 0.1) is 5.92 Å². The van der Waals surface area contributed by atoms with Gasteiger partial charge in [0.25, 0.3) is 0 Å². The first-order valence-electron chi connectivity index (χ1n) is 5.33. The van der Waals surface area contributed by atoms with Crippen molar-refractivity contribution in [3.05, 3.63) is 17.5 Å². The molecule has 1 aromatic heterocycles. The van der Waals surface area contributed by atoms with E-state index in [-0.39, 0.29) is 0 Å². The maximum atomic E-state index is 5.57. The predicted octanol–water partition coefficient (Wildman–Crippen LogP) is 2.36. The minimum atomic E-state index is 0.655. The number of anilines is 1. The Morgan fingerprint density at radius 2 is 2.36 bits per heavy atom. The van der Waals surface area contributed by atoms with Crippen molar-refractivity contribution in [1.29, 1.82) is 0 Å². The van der Waals surface area contributed by atoms with E-state index in [4.69, 9.17) is 4.74 Å². The van der Waals surface area contributed by atoms with Gasteiger partial charge in [-0.2, -0.15) is 0 Å². The lowest BCUT2D eigenvalue weighted by Gasteiger charge is -2.36. The Morgan fingerprint density at radius 3 is 3.07 bits per heavy atom. The average molecular weight is 209 g/mol. The van der Waals surface area contributed by atoms with Crippen molar-refractivity contribution < 1.29 is 4.74 Å². The molecule has 1 aliphatic carbocycles. The third kappa shape index (κ3) is 1.55. The zero-order valence-corrected chi connectivity index (χ0v) is 9.00. The zero-order valence-electron chi connectivity index (χ0n) is 8.19. The number of ether oxygens (including phenoxy) is 1. The maximum absolute atomic E-state index is 5.57. The summed E-state index contributed by atoms with van der Waals surface area (Å²) in [5.41, 5.74) is 0. The quantitative estimate of drug-likeness (QED) is 0.741. The molecule has 76 valence electrons. The second kappa shape index (κ2) is 3.55. The fourth-order valence-corrected chi connectivity index (χ4v) is 3.02. The summed E-state index contributed by atoms with van der Waals surface area (Å²) in [4.78, 5) is 2.55. The highest BCUT2D eigenvalue weighted by atomic mass is 32.1. The molecule has 1 saturated heterocycles. The summed E-state index contributed by atoms with van der Waals surface area (Å²) in [7, 11) is 0. The Morgan fingerprint density at radius 1 is 1.43 bits per heavy atom. The van der Waals surface area contributed by atoms with Gasteiger partial charge in [-0.05, 0) is 36.3 Å². The van der Waals surface area contributed by atoms with Gasteiger partial charge in [-0.3, -0.25) is 0 Å². The van der Waals surface area contributed by atoms with Crippen LogP contribution in [0.15, 0.2) is 17.5 Å². The van der Waals surface area contributed by atoms with Crippen LogP contribution >= 0.6 is 11.3 Å². The minimum absolute atomic E-state index is 0.655. The smallest absolute Gasteiger partial charge is 0.0912 e. The molecule has 1 aromatic rings. The molecule has 0 bridgehead atoms. The largest absolute Gasteiger partial charge is 0.377 e. The van der Waals surface area contributed by atoms with Gasteiger partial charge in [0, 0.05) is 6.54 Å². The van der Waals surface area contributed by atoms with E-state index < -0.39 is 0 Å². The summed E-state index contributed by atoms with van der Waals surface area (Å²) < 4.78 is 5.57. The van der Waals surface area contributed by atoms with Gasteiger partial charge in [0.2, 0.25) is 0 Å². The molecule has 1 atom stereocenters. The molecular weight excluding hydrogens is 194 g/mol. The normalized spacial score (nSPS) is 28.0. The predicted molar refractivity (Wildman–Crippen MR) is 59.0 cm³/mol. The summed E-state index contributed by atoms with van der Waals surface area (Å²) >= 11 is 1.85. The molecule has 0 radical (unpaired) electrons. The monoisotopic (exact) mass is 209 g/mol. The van der Waals surface area contributed by atoms with E-state index in [1.54, 1.807) is 0 Å². The van der Waals surface area contributed by atoms with Gasteiger partial charge in [0.1, 0.15) is 0 Å². The Balaban J connectivity index is 1.80. The van der Waals surface area contributed by atoms with Gasteiger partial charge in [-0.15, -0.1) is 11.3 Å². The van der Waals surface area contributed by atoms with E-state index in [1.807, 2.05) is 11.3 Å². The Labute approximate surface area is 88.5 Å². The van der Waals surface area contributed by atoms with Crippen molar-refractivity contribution in [2.75, 3.05) is 24.7 Å². The molecular formula is C11H15NOS. The van der Waals surface area contributed by atoms with Crippen molar-refractivity contribution in [1.82, 2.24) is 0 Å². The number of hydrogen-bond donors (Lipinski definition) is 0. The molecule has 2 nitrogen and oxygen atoms in total. The van der Waals surface area contributed by atoms with Crippen LogP contribution in [0.3, 0.4) is 0 Å². The highest BCUT2D eigenvalue weighted by molar-refractivity contribution is 7.14. The van der Waals surface area contributed by atoms with Gasteiger partial charge in [0.05, 0.1) is 24.3 Å². The van der Waals surface area contributed by atoms with E-state index in [1.165, 1.54) is 17.8 Å². The van der Waals surface area contributed by atoms with Crippen LogP contribution in [0.1, 0.15) is 12.8 Å². The van der Waals surface area contributed by atoms with Crippen LogP contribution in [-0.2, 0) is 4.74 Å². The van der Waals surface area contributed by atoms with Crippen LogP contribution in [0.4, 0.5) is 5.00 Å². The Hall–Kier alpha value is -0.540. The maximum Gasteiger partial charge on any atom is 0.0912 e. The highest BCUT2D eigenvalue weighted by Crippen LogP contribution is 2.39. The first-order valence-corrected chi connectivity index (χ1v) is 6.21. The molecule has 1 unspecified atom stereocenters. The summed E-state index contributed by atoms with van der Waals surface area (Å²) in [6.45, 7) is 2.89. The van der Waals surface area contributed by atoms with Gasteiger partial charge >= 0.3 is 0 Å². The first kappa shape index (κ1) is 8.74. The van der Waals surface area contributed by atoms with Crippen molar-refractivity contribution in [2.45, 2.75) is 18.9 Å². The summed E-state index contributed by atoms with van der Waals surface area (Å²) in [5.74, 6) is 0.900. The fraction of sp³-hybridized carbons (Fsp3) is 0.636. The van der Waals surface area contributed by atoms with Crippen molar-refractivity contribution in [2.24, 2.45) is 5.92 Å². The number of hydrogen-bond acceptors (Lipinski definition) is 3. The summed E-state index contributed by atoms with van der Waals surface area (Å²) in [6.07, 6.45) is 2.80. The van der Waals surface area contributed by atoms with Crippen LogP contribution in [-0.4, -0.2) is 25.8 Å². The van der Waals surface area contributed by atoms with E-state index in [9.17, 15) is 0 Å². The molecule has 2 fully saturated rings. The molecule has 1 aliphatic heterocycles. The molecule has 0 spiro atoms. The first-order chi connectivity index (χ1) is 6.95. The third-order valence-electron chi connectivity index (χ3n) is 3.12. The number of nitrogens with zero attached hydrogens (tertiary/aromatic N) is 1. The van der Waals surface area contributed by atoms with Crippen LogP contribution in [0.5, 0.6) is 0 Å². The van der Waals surface area contributed by atoms with Crippen LogP contribution < -0.4 is 4.90 Å². The minimum Gasteiger partial charge on any atom is -0.377 e. The lowest BCUT2D eigenvalue weighted by Crippen LogP contribution is -2.46.